The van der Waals surface area contributed by atoms with Gasteiger partial charge in [-0.25, -0.2) is 0 Å². The summed E-state index contributed by atoms with van der Waals surface area (Å²) in [6.07, 6.45) is 6.83. The number of aliphatic hydroxyl groups is 1. The van der Waals surface area contributed by atoms with Crippen molar-refractivity contribution in [3.05, 3.63) is 0 Å². The predicted octanol–water partition coefficient (Wildman–Crippen LogP) is 0.629. The van der Waals surface area contributed by atoms with Crippen LogP contribution < -0.4 is 0 Å². The Morgan fingerprint density at radius 3 is 2.43 bits per heavy atom. The molecule has 1 saturated heterocycles. The van der Waals surface area contributed by atoms with E-state index < -0.39 is 5.60 Å². The van der Waals surface area contributed by atoms with Gasteiger partial charge in [-0.05, 0) is 19.8 Å². The summed E-state index contributed by atoms with van der Waals surface area (Å²) in [5.74, 6) is 2.62. The average molecular weight is 195 g/mol. The zero-order valence-electron chi connectivity index (χ0n) is 8.79. The highest BCUT2D eigenvalue weighted by atomic mass is 16.3. The first-order valence-electron chi connectivity index (χ1n) is 4.93. The summed E-state index contributed by atoms with van der Waals surface area (Å²) in [5, 5.41) is 9.83. The third kappa shape index (κ3) is 2.27. The SMILES string of the molecule is C#C[C@](C)(O)C1CCN(C(C)=O)CC1. The van der Waals surface area contributed by atoms with E-state index in [-0.39, 0.29) is 11.8 Å². The molecule has 1 heterocycles. The van der Waals surface area contributed by atoms with Crippen LogP contribution in [0.2, 0.25) is 0 Å². The Balaban J connectivity index is 2.52. The van der Waals surface area contributed by atoms with Crippen molar-refractivity contribution >= 4 is 5.91 Å². The largest absolute Gasteiger partial charge is 0.378 e. The van der Waals surface area contributed by atoms with Gasteiger partial charge in [-0.2, -0.15) is 0 Å². The highest BCUT2D eigenvalue weighted by molar-refractivity contribution is 5.73. The first kappa shape index (κ1) is 11.1. The van der Waals surface area contributed by atoms with Crippen LogP contribution in [-0.2, 0) is 4.79 Å². The van der Waals surface area contributed by atoms with Crippen LogP contribution in [0.15, 0.2) is 0 Å². The molecule has 0 aliphatic carbocycles. The van der Waals surface area contributed by atoms with Gasteiger partial charge < -0.3 is 10.0 Å². The summed E-state index contributed by atoms with van der Waals surface area (Å²) < 4.78 is 0. The lowest BCUT2D eigenvalue weighted by Crippen LogP contribution is -2.44. The Bertz CT molecular complexity index is 257. The molecule has 3 heteroatoms. The van der Waals surface area contributed by atoms with Gasteiger partial charge in [-0.1, -0.05) is 5.92 Å². The molecule has 1 aliphatic heterocycles. The minimum Gasteiger partial charge on any atom is -0.378 e. The van der Waals surface area contributed by atoms with Crippen LogP contribution in [0.1, 0.15) is 26.7 Å². The third-order valence-corrected chi connectivity index (χ3v) is 3.03. The normalized spacial score (nSPS) is 22.6. The molecule has 1 amide bonds. The second kappa shape index (κ2) is 4.02. The number of piperidine rings is 1. The van der Waals surface area contributed by atoms with Gasteiger partial charge in [0.2, 0.25) is 5.91 Å². The van der Waals surface area contributed by atoms with Crippen molar-refractivity contribution in [3.8, 4) is 12.3 Å². The van der Waals surface area contributed by atoms with Crippen LogP contribution in [-0.4, -0.2) is 34.6 Å². The standard InChI is InChI=1S/C11H17NO2/c1-4-11(3,14)10-5-7-12(8-6-10)9(2)13/h1,10,14H,5-8H2,2-3H3/t11-/m0/s1. The minimum absolute atomic E-state index is 0.101. The highest BCUT2D eigenvalue weighted by Gasteiger charge is 2.33. The van der Waals surface area contributed by atoms with Gasteiger partial charge in [-0.3, -0.25) is 4.79 Å². The van der Waals surface area contributed by atoms with Crippen LogP contribution in [0.4, 0.5) is 0 Å². The van der Waals surface area contributed by atoms with Crippen molar-refractivity contribution in [2.75, 3.05) is 13.1 Å². The van der Waals surface area contributed by atoms with E-state index in [0.29, 0.717) is 13.1 Å². The maximum atomic E-state index is 11.0. The fourth-order valence-electron chi connectivity index (χ4n) is 1.87. The number of carbonyl (C=O) groups is 1. The second-order valence-electron chi connectivity index (χ2n) is 4.07. The smallest absolute Gasteiger partial charge is 0.219 e. The molecule has 0 aromatic carbocycles. The van der Waals surface area contributed by atoms with Crippen molar-refractivity contribution in [1.82, 2.24) is 4.90 Å². The van der Waals surface area contributed by atoms with Crippen molar-refractivity contribution in [2.45, 2.75) is 32.3 Å². The van der Waals surface area contributed by atoms with Crippen molar-refractivity contribution in [3.63, 3.8) is 0 Å². The van der Waals surface area contributed by atoms with Crippen molar-refractivity contribution in [2.24, 2.45) is 5.92 Å². The fraction of sp³-hybridized carbons (Fsp3) is 0.727. The Labute approximate surface area is 85.1 Å². The maximum absolute atomic E-state index is 11.0. The highest BCUT2D eigenvalue weighted by Crippen LogP contribution is 2.27. The predicted molar refractivity (Wildman–Crippen MR) is 54.4 cm³/mol. The molecule has 0 unspecified atom stereocenters. The summed E-state index contributed by atoms with van der Waals surface area (Å²) in [6, 6.07) is 0. The van der Waals surface area contributed by atoms with Gasteiger partial charge in [0.05, 0.1) is 0 Å². The van der Waals surface area contributed by atoms with E-state index in [9.17, 15) is 9.90 Å². The van der Waals surface area contributed by atoms with E-state index in [1.54, 1.807) is 18.7 Å². The number of rotatable bonds is 1. The zero-order chi connectivity index (χ0) is 10.8. The molecule has 0 aromatic heterocycles. The third-order valence-electron chi connectivity index (χ3n) is 3.03. The van der Waals surface area contributed by atoms with Gasteiger partial charge in [0.15, 0.2) is 0 Å². The minimum atomic E-state index is -1.02. The molecule has 0 radical (unpaired) electrons. The second-order valence-corrected chi connectivity index (χ2v) is 4.07. The molecule has 1 aliphatic rings. The molecule has 1 N–H and O–H groups in total. The lowest BCUT2D eigenvalue weighted by molar-refractivity contribution is -0.131. The lowest BCUT2D eigenvalue weighted by atomic mass is 9.82. The number of terminal acetylenes is 1. The Kier molecular flexibility index (Phi) is 3.17. The van der Waals surface area contributed by atoms with E-state index >= 15 is 0 Å². The van der Waals surface area contributed by atoms with Crippen LogP contribution in [0.5, 0.6) is 0 Å². The molecular formula is C11H17NO2. The number of likely N-dealkylation sites (tertiary alicyclic amines) is 1. The van der Waals surface area contributed by atoms with Crippen LogP contribution in [0, 0.1) is 18.3 Å². The molecule has 1 fully saturated rings. The van der Waals surface area contributed by atoms with Crippen molar-refractivity contribution in [1.29, 1.82) is 0 Å². The number of hydrogen-bond acceptors (Lipinski definition) is 2. The summed E-state index contributed by atoms with van der Waals surface area (Å²) >= 11 is 0. The van der Waals surface area contributed by atoms with Gasteiger partial charge in [0, 0.05) is 25.9 Å². The topological polar surface area (TPSA) is 40.5 Å². The molecule has 14 heavy (non-hydrogen) atoms. The number of amides is 1. The zero-order valence-corrected chi connectivity index (χ0v) is 8.79. The molecular weight excluding hydrogens is 178 g/mol. The maximum Gasteiger partial charge on any atom is 0.219 e. The Morgan fingerprint density at radius 1 is 1.57 bits per heavy atom. The van der Waals surface area contributed by atoms with E-state index in [1.165, 1.54) is 0 Å². The van der Waals surface area contributed by atoms with Gasteiger partial charge in [-0.15, -0.1) is 6.42 Å². The van der Waals surface area contributed by atoms with Gasteiger partial charge >= 0.3 is 0 Å². The van der Waals surface area contributed by atoms with Gasteiger partial charge in [0.1, 0.15) is 5.60 Å². The Morgan fingerprint density at radius 2 is 2.07 bits per heavy atom. The first-order valence-corrected chi connectivity index (χ1v) is 4.93. The van der Waals surface area contributed by atoms with Crippen LogP contribution in [0.25, 0.3) is 0 Å². The van der Waals surface area contributed by atoms with Gasteiger partial charge in [0.25, 0.3) is 0 Å². The van der Waals surface area contributed by atoms with E-state index in [0.717, 1.165) is 12.8 Å². The Hall–Kier alpha value is -1.01. The molecule has 0 spiro atoms. The number of carbonyl (C=O) groups excluding carboxylic acids is 1. The summed E-state index contributed by atoms with van der Waals surface area (Å²) in [6.45, 7) is 4.65. The van der Waals surface area contributed by atoms with Crippen LogP contribution >= 0.6 is 0 Å². The first-order chi connectivity index (χ1) is 6.47. The number of nitrogens with zero attached hydrogens (tertiary/aromatic N) is 1. The quantitative estimate of drug-likeness (QED) is 0.623. The molecule has 3 nitrogen and oxygen atoms in total. The lowest BCUT2D eigenvalue weighted by Gasteiger charge is -2.36. The number of hydrogen-bond donors (Lipinski definition) is 1. The average Bonchev–Trinajstić information content (AvgIpc) is 2.18. The van der Waals surface area contributed by atoms with Crippen LogP contribution in [0.3, 0.4) is 0 Å². The molecule has 0 saturated carbocycles. The molecule has 1 atom stereocenters. The summed E-state index contributed by atoms with van der Waals surface area (Å²) in [4.78, 5) is 12.8. The molecule has 1 rings (SSSR count). The fourth-order valence-corrected chi connectivity index (χ4v) is 1.87. The molecule has 78 valence electrons. The van der Waals surface area contributed by atoms with E-state index in [4.69, 9.17) is 6.42 Å². The molecule has 0 aromatic rings. The molecule has 0 bridgehead atoms. The summed E-state index contributed by atoms with van der Waals surface area (Å²) in [7, 11) is 0. The van der Waals surface area contributed by atoms with E-state index in [1.807, 2.05) is 0 Å². The monoisotopic (exact) mass is 195 g/mol. The summed E-state index contributed by atoms with van der Waals surface area (Å²) in [5.41, 5.74) is -1.02. The van der Waals surface area contributed by atoms with Crippen molar-refractivity contribution < 1.29 is 9.90 Å². The van der Waals surface area contributed by atoms with E-state index in [2.05, 4.69) is 5.92 Å².